The largest absolute Gasteiger partial charge is 0.377 e. The number of hydrogen-bond donors (Lipinski definition) is 1. The number of thioether (sulfide) groups is 1. The van der Waals surface area contributed by atoms with Crippen LogP contribution in [-0.2, 0) is 0 Å². The molecular weight excluding hydrogens is 216 g/mol. The van der Waals surface area contributed by atoms with Gasteiger partial charge >= 0.3 is 0 Å². The Labute approximate surface area is 102 Å². The van der Waals surface area contributed by atoms with Crippen molar-refractivity contribution >= 4 is 11.8 Å². The average molecular weight is 232 g/mol. The summed E-state index contributed by atoms with van der Waals surface area (Å²) in [6.45, 7) is 2.10. The Hall–Kier alpha value is -1.17. The predicted molar refractivity (Wildman–Crippen MR) is 70.1 cm³/mol. The molecule has 0 spiro atoms. The molecule has 0 saturated carbocycles. The maximum Gasteiger partial charge on any atom is 0.134 e. The molecule has 0 bridgehead atoms. The van der Waals surface area contributed by atoms with Crippen LogP contribution in [0.2, 0.25) is 0 Å². The first kappa shape index (κ1) is 12.9. The van der Waals surface area contributed by atoms with Gasteiger partial charge in [-0.2, -0.15) is 0 Å². The summed E-state index contributed by atoms with van der Waals surface area (Å²) in [7, 11) is 0. The van der Waals surface area contributed by atoms with E-state index in [-0.39, 0.29) is 0 Å². The third kappa shape index (κ3) is 5.65. The van der Waals surface area contributed by atoms with Crippen LogP contribution in [0.1, 0.15) is 19.8 Å². The Morgan fingerprint density at radius 2 is 2.12 bits per heavy atom. The lowest BCUT2D eigenvalue weighted by Crippen LogP contribution is -1.95. The number of hydrogen-bond acceptors (Lipinski definition) is 2. The fourth-order valence-electron chi connectivity index (χ4n) is 1.08. The van der Waals surface area contributed by atoms with Gasteiger partial charge in [-0.05, 0) is 41.6 Å². The Morgan fingerprint density at radius 3 is 2.81 bits per heavy atom. The molecule has 16 heavy (non-hydrogen) atoms. The summed E-state index contributed by atoms with van der Waals surface area (Å²) in [4.78, 5) is 1.10. The predicted octanol–water partition coefficient (Wildman–Crippen LogP) is 3.46. The van der Waals surface area contributed by atoms with Gasteiger partial charge in [0.1, 0.15) is 6.10 Å². The molecule has 2 heteroatoms. The Balaban J connectivity index is 2.37. The number of aliphatic hydroxyl groups excluding tert-OH is 1. The molecule has 0 amide bonds. The highest BCUT2D eigenvalue weighted by Crippen LogP contribution is 2.14. The molecule has 0 saturated heterocycles. The van der Waals surface area contributed by atoms with E-state index in [2.05, 4.69) is 18.1 Å². The maximum atomic E-state index is 9.48. The van der Waals surface area contributed by atoms with Crippen LogP contribution in [0.5, 0.6) is 0 Å². The molecule has 0 heterocycles. The Morgan fingerprint density at radius 1 is 1.38 bits per heavy atom. The van der Waals surface area contributed by atoms with E-state index in [9.17, 15) is 5.11 Å². The van der Waals surface area contributed by atoms with Crippen molar-refractivity contribution in [3.63, 3.8) is 0 Å². The molecule has 1 aromatic carbocycles. The van der Waals surface area contributed by atoms with E-state index in [1.165, 1.54) is 11.8 Å². The van der Waals surface area contributed by atoms with Gasteiger partial charge in [0.2, 0.25) is 0 Å². The zero-order valence-electron chi connectivity index (χ0n) is 9.39. The summed E-state index contributed by atoms with van der Waals surface area (Å²) < 4.78 is 0. The topological polar surface area (TPSA) is 20.2 Å². The Bertz CT molecular complexity index is 373. The summed E-state index contributed by atoms with van der Waals surface area (Å²) >= 11 is 1.43. The van der Waals surface area contributed by atoms with Crippen LogP contribution in [0.15, 0.2) is 47.4 Å². The molecule has 0 aliphatic rings. The van der Waals surface area contributed by atoms with E-state index in [1.54, 1.807) is 6.08 Å². The summed E-state index contributed by atoms with van der Waals surface area (Å²) in [6.07, 6.45) is 5.14. The summed E-state index contributed by atoms with van der Waals surface area (Å²) in [5, 5.41) is 12.4. The SMILES string of the molecule is CCC/C=C/C(O)C#CSc1ccccc1. The van der Waals surface area contributed by atoms with E-state index >= 15 is 0 Å². The first-order chi connectivity index (χ1) is 7.83. The minimum Gasteiger partial charge on any atom is -0.377 e. The van der Waals surface area contributed by atoms with Crippen LogP contribution in [-0.4, -0.2) is 11.2 Å². The third-order valence-electron chi connectivity index (χ3n) is 1.89. The smallest absolute Gasteiger partial charge is 0.134 e. The molecule has 1 nitrogen and oxygen atoms in total. The molecule has 84 valence electrons. The van der Waals surface area contributed by atoms with Crippen molar-refractivity contribution in [1.82, 2.24) is 0 Å². The van der Waals surface area contributed by atoms with Gasteiger partial charge in [-0.15, -0.1) is 0 Å². The standard InChI is InChI=1S/C14H16OS/c1-2-3-5-8-13(15)11-12-16-14-9-6-4-7-10-14/h4-10,13,15H,2-3H2,1H3/b8-5+. The lowest BCUT2D eigenvalue weighted by Gasteiger charge is -1.94. The van der Waals surface area contributed by atoms with Crippen LogP contribution in [0.25, 0.3) is 0 Å². The van der Waals surface area contributed by atoms with E-state index in [0.29, 0.717) is 0 Å². The molecule has 0 aliphatic carbocycles. The van der Waals surface area contributed by atoms with Gasteiger partial charge in [-0.3, -0.25) is 0 Å². The van der Waals surface area contributed by atoms with Crippen molar-refractivity contribution in [2.45, 2.75) is 30.8 Å². The van der Waals surface area contributed by atoms with E-state index in [0.717, 1.165) is 17.7 Å². The van der Waals surface area contributed by atoms with Crippen molar-refractivity contribution in [3.8, 4) is 11.2 Å². The first-order valence-corrected chi connectivity index (χ1v) is 6.21. The molecule has 1 rings (SSSR count). The highest BCUT2D eigenvalue weighted by molar-refractivity contribution is 8.03. The molecule has 0 aromatic heterocycles. The van der Waals surface area contributed by atoms with Gasteiger partial charge in [0.05, 0.1) is 0 Å². The second-order valence-electron chi connectivity index (χ2n) is 3.32. The number of allylic oxidation sites excluding steroid dienone is 1. The second kappa shape index (κ2) is 8.04. The minimum atomic E-state index is -0.650. The molecule has 1 N–H and O–H groups in total. The van der Waals surface area contributed by atoms with Crippen molar-refractivity contribution < 1.29 is 5.11 Å². The van der Waals surface area contributed by atoms with Gasteiger partial charge in [0.25, 0.3) is 0 Å². The van der Waals surface area contributed by atoms with E-state index in [1.807, 2.05) is 36.4 Å². The molecule has 1 unspecified atom stereocenters. The van der Waals surface area contributed by atoms with Gasteiger partial charge in [-0.25, -0.2) is 0 Å². The number of aliphatic hydroxyl groups is 1. The second-order valence-corrected chi connectivity index (χ2v) is 4.20. The number of unbranched alkanes of at least 4 members (excludes halogenated alkanes) is 1. The molecule has 0 radical (unpaired) electrons. The monoisotopic (exact) mass is 232 g/mol. The van der Waals surface area contributed by atoms with Crippen molar-refractivity contribution in [1.29, 1.82) is 0 Å². The number of benzene rings is 1. The normalized spacial score (nSPS) is 12.1. The average Bonchev–Trinajstić information content (AvgIpc) is 2.31. The van der Waals surface area contributed by atoms with Crippen LogP contribution < -0.4 is 0 Å². The summed E-state index contributed by atoms with van der Waals surface area (Å²) in [6, 6.07) is 9.92. The highest BCUT2D eigenvalue weighted by Gasteiger charge is 1.90. The van der Waals surface area contributed by atoms with Crippen molar-refractivity contribution in [3.05, 3.63) is 42.5 Å². The lowest BCUT2D eigenvalue weighted by molar-refractivity contribution is 0.280. The van der Waals surface area contributed by atoms with Gasteiger partial charge < -0.3 is 5.11 Å². The van der Waals surface area contributed by atoms with E-state index in [4.69, 9.17) is 0 Å². The maximum absolute atomic E-state index is 9.48. The fourth-order valence-corrected chi connectivity index (χ4v) is 1.67. The fraction of sp³-hybridized carbons (Fsp3) is 0.286. The van der Waals surface area contributed by atoms with Gasteiger partial charge in [0, 0.05) is 4.90 Å². The third-order valence-corrected chi connectivity index (χ3v) is 2.62. The van der Waals surface area contributed by atoms with Crippen LogP contribution in [0, 0.1) is 11.2 Å². The summed E-state index contributed by atoms with van der Waals surface area (Å²) in [5.41, 5.74) is 0. The van der Waals surface area contributed by atoms with Crippen molar-refractivity contribution in [2.24, 2.45) is 0 Å². The van der Waals surface area contributed by atoms with Crippen LogP contribution in [0.4, 0.5) is 0 Å². The summed E-state index contributed by atoms with van der Waals surface area (Å²) in [5.74, 6) is 2.77. The quantitative estimate of drug-likeness (QED) is 0.487. The zero-order valence-corrected chi connectivity index (χ0v) is 10.2. The number of rotatable bonds is 4. The van der Waals surface area contributed by atoms with Crippen molar-refractivity contribution in [2.75, 3.05) is 0 Å². The Kier molecular flexibility index (Phi) is 6.48. The van der Waals surface area contributed by atoms with Crippen LogP contribution in [0.3, 0.4) is 0 Å². The highest BCUT2D eigenvalue weighted by atomic mass is 32.2. The molecule has 0 aliphatic heterocycles. The molecule has 1 aromatic rings. The molecule has 1 atom stereocenters. The van der Waals surface area contributed by atoms with Gasteiger partial charge in [-0.1, -0.05) is 43.5 Å². The van der Waals surface area contributed by atoms with Gasteiger partial charge in [0.15, 0.2) is 0 Å². The van der Waals surface area contributed by atoms with Crippen LogP contribution >= 0.6 is 11.8 Å². The zero-order chi connectivity index (χ0) is 11.6. The minimum absolute atomic E-state index is 0.650. The molecule has 0 fully saturated rings. The first-order valence-electron chi connectivity index (χ1n) is 5.40. The molecular formula is C14H16OS. The van der Waals surface area contributed by atoms with E-state index < -0.39 is 6.10 Å². The lowest BCUT2D eigenvalue weighted by atomic mass is 10.2.